The third kappa shape index (κ3) is 4.53. The lowest BCUT2D eigenvalue weighted by molar-refractivity contribution is 0.192. The van der Waals surface area contributed by atoms with Gasteiger partial charge in [0.2, 0.25) is 0 Å². The number of allylic oxidation sites excluding steroid dienone is 4. The van der Waals surface area contributed by atoms with Crippen LogP contribution >= 0.6 is 0 Å². The summed E-state index contributed by atoms with van der Waals surface area (Å²) in [5.74, 6) is 0.874. The van der Waals surface area contributed by atoms with Gasteiger partial charge in [0, 0.05) is 0 Å². The number of rotatable bonds is 5. The molecule has 0 spiro atoms. The van der Waals surface area contributed by atoms with E-state index < -0.39 is 0 Å². The summed E-state index contributed by atoms with van der Waals surface area (Å²) in [4.78, 5) is 0. The van der Waals surface area contributed by atoms with Crippen LogP contribution in [0.4, 0.5) is 0 Å². The summed E-state index contributed by atoms with van der Waals surface area (Å²) in [6.07, 6.45) is 6.10. The molecule has 0 aromatic carbocycles. The van der Waals surface area contributed by atoms with Gasteiger partial charge in [0.25, 0.3) is 0 Å². The molecular formula is C11H16O2. The lowest BCUT2D eigenvalue weighted by atomic mass is 10.3. The Balaban J connectivity index is 2.29. The largest absolute Gasteiger partial charge is 0.491 e. The Morgan fingerprint density at radius 3 is 2.77 bits per heavy atom. The van der Waals surface area contributed by atoms with Gasteiger partial charge in [0.05, 0.1) is 6.61 Å². The van der Waals surface area contributed by atoms with Crippen LogP contribution in [0, 0.1) is 0 Å². The third-order valence-electron chi connectivity index (χ3n) is 1.65. The molecule has 2 nitrogen and oxygen atoms in total. The van der Waals surface area contributed by atoms with E-state index in [1.165, 1.54) is 0 Å². The molecular weight excluding hydrogens is 164 g/mol. The van der Waals surface area contributed by atoms with Gasteiger partial charge in [-0.15, -0.1) is 0 Å². The van der Waals surface area contributed by atoms with Crippen molar-refractivity contribution in [2.45, 2.75) is 20.0 Å². The standard InChI is InChI=1S/C11H16O2/c1-4-10(6-5-9(2)3)12-7-11-8-13-11/h4-6,11H,2,7-8H2,1,3H3/b6-5-,10-4+. The Hall–Kier alpha value is -1.02. The number of epoxide rings is 1. The molecule has 1 rings (SSSR count). The molecule has 1 heterocycles. The van der Waals surface area contributed by atoms with E-state index in [9.17, 15) is 0 Å². The molecule has 1 atom stereocenters. The van der Waals surface area contributed by atoms with Crippen LogP contribution in [0.15, 0.2) is 36.1 Å². The summed E-state index contributed by atoms with van der Waals surface area (Å²) in [6.45, 7) is 9.16. The Kier molecular flexibility index (Phi) is 3.77. The molecule has 72 valence electrons. The molecule has 1 unspecified atom stereocenters. The third-order valence-corrected chi connectivity index (χ3v) is 1.65. The summed E-state index contributed by atoms with van der Waals surface area (Å²) in [6, 6.07) is 0. The van der Waals surface area contributed by atoms with Crippen molar-refractivity contribution in [1.29, 1.82) is 0 Å². The lowest BCUT2D eigenvalue weighted by Crippen LogP contribution is -1.99. The minimum atomic E-state index is 0.313. The lowest BCUT2D eigenvalue weighted by Gasteiger charge is -2.03. The molecule has 1 fully saturated rings. The van der Waals surface area contributed by atoms with E-state index in [2.05, 4.69) is 6.58 Å². The number of ether oxygens (including phenoxy) is 2. The highest BCUT2D eigenvalue weighted by molar-refractivity contribution is 5.20. The van der Waals surface area contributed by atoms with E-state index in [1.54, 1.807) is 0 Å². The Morgan fingerprint density at radius 1 is 1.62 bits per heavy atom. The van der Waals surface area contributed by atoms with Crippen molar-refractivity contribution < 1.29 is 9.47 Å². The van der Waals surface area contributed by atoms with Gasteiger partial charge >= 0.3 is 0 Å². The topological polar surface area (TPSA) is 21.8 Å². The van der Waals surface area contributed by atoms with E-state index >= 15 is 0 Å². The van der Waals surface area contributed by atoms with Crippen LogP contribution in [-0.4, -0.2) is 19.3 Å². The molecule has 0 saturated carbocycles. The summed E-state index contributed by atoms with van der Waals surface area (Å²) in [5.41, 5.74) is 1.02. The molecule has 1 aliphatic heterocycles. The summed E-state index contributed by atoms with van der Waals surface area (Å²) in [7, 11) is 0. The van der Waals surface area contributed by atoms with Gasteiger partial charge in [-0.2, -0.15) is 0 Å². The minimum absolute atomic E-state index is 0.313. The Bertz CT molecular complexity index is 234. The molecule has 13 heavy (non-hydrogen) atoms. The highest BCUT2D eigenvalue weighted by Gasteiger charge is 2.22. The first-order valence-corrected chi connectivity index (χ1v) is 4.46. The Labute approximate surface area is 79.5 Å². The van der Waals surface area contributed by atoms with Crippen LogP contribution in [0.1, 0.15) is 13.8 Å². The normalized spacial score (nSPS) is 22.0. The highest BCUT2D eigenvalue weighted by atomic mass is 16.6. The van der Waals surface area contributed by atoms with E-state index in [-0.39, 0.29) is 0 Å². The Morgan fingerprint density at radius 2 is 2.31 bits per heavy atom. The quantitative estimate of drug-likeness (QED) is 0.368. The molecule has 0 bridgehead atoms. The van der Waals surface area contributed by atoms with Gasteiger partial charge in [-0.05, 0) is 26.0 Å². The van der Waals surface area contributed by atoms with E-state index in [1.807, 2.05) is 32.1 Å². The van der Waals surface area contributed by atoms with Gasteiger partial charge in [0.15, 0.2) is 0 Å². The van der Waals surface area contributed by atoms with Gasteiger partial charge < -0.3 is 9.47 Å². The van der Waals surface area contributed by atoms with Gasteiger partial charge in [-0.25, -0.2) is 0 Å². The molecule has 0 aliphatic carbocycles. The summed E-state index contributed by atoms with van der Waals surface area (Å²) >= 11 is 0. The fourth-order valence-corrected chi connectivity index (χ4v) is 0.806. The first kappa shape index (κ1) is 10.1. The monoisotopic (exact) mass is 180 g/mol. The number of hydrogen-bond donors (Lipinski definition) is 0. The SMILES string of the molecule is C=C(C)/C=C\C(=C/C)OCC1CO1. The average Bonchev–Trinajstić information content (AvgIpc) is 2.88. The summed E-state index contributed by atoms with van der Waals surface area (Å²) in [5, 5.41) is 0. The van der Waals surface area contributed by atoms with Crippen molar-refractivity contribution >= 4 is 0 Å². The van der Waals surface area contributed by atoms with Gasteiger partial charge in [-0.3, -0.25) is 0 Å². The minimum Gasteiger partial charge on any atom is -0.491 e. The van der Waals surface area contributed by atoms with E-state index in [4.69, 9.17) is 9.47 Å². The molecule has 0 radical (unpaired) electrons. The molecule has 0 aromatic rings. The van der Waals surface area contributed by atoms with E-state index in [0.717, 1.165) is 17.9 Å². The molecule has 0 amide bonds. The van der Waals surface area contributed by atoms with Crippen LogP contribution in [0.5, 0.6) is 0 Å². The van der Waals surface area contributed by atoms with Gasteiger partial charge in [-0.1, -0.05) is 18.2 Å². The van der Waals surface area contributed by atoms with Crippen molar-refractivity contribution in [3.05, 3.63) is 36.1 Å². The van der Waals surface area contributed by atoms with Crippen molar-refractivity contribution in [2.24, 2.45) is 0 Å². The van der Waals surface area contributed by atoms with Crippen molar-refractivity contribution in [2.75, 3.05) is 13.2 Å². The molecule has 1 saturated heterocycles. The van der Waals surface area contributed by atoms with Gasteiger partial charge in [0.1, 0.15) is 18.5 Å². The molecule has 1 aliphatic rings. The second-order valence-electron chi connectivity index (χ2n) is 3.14. The van der Waals surface area contributed by atoms with Crippen LogP contribution in [0.3, 0.4) is 0 Å². The fourth-order valence-electron chi connectivity index (χ4n) is 0.806. The first-order valence-electron chi connectivity index (χ1n) is 4.46. The summed E-state index contributed by atoms with van der Waals surface area (Å²) < 4.78 is 10.5. The maximum absolute atomic E-state index is 5.47. The molecule has 2 heteroatoms. The molecule has 0 aromatic heterocycles. The number of hydrogen-bond acceptors (Lipinski definition) is 2. The highest BCUT2D eigenvalue weighted by Crippen LogP contribution is 2.12. The maximum Gasteiger partial charge on any atom is 0.117 e. The first-order chi connectivity index (χ1) is 6.22. The predicted molar refractivity (Wildman–Crippen MR) is 53.4 cm³/mol. The average molecular weight is 180 g/mol. The zero-order chi connectivity index (χ0) is 9.68. The second-order valence-corrected chi connectivity index (χ2v) is 3.14. The molecule has 0 N–H and O–H groups in total. The van der Waals surface area contributed by atoms with Crippen LogP contribution < -0.4 is 0 Å². The van der Waals surface area contributed by atoms with E-state index in [0.29, 0.717) is 12.7 Å². The zero-order valence-corrected chi connectivity index (χ0v) is 8.25. The van der Waals surface area contributed by atoms with Crippen molar-refractivity contribution in [3.8, 4) is 0 Å². The van der Waals surface area contributed by atoms with Crippen molar-refractivity contribution in [3.63, 3.8) is 0 Å². The fraction of sp³-hybridized carbons (Fsp3) is 0.455. The predicted octanol–water partition coefficient (Wildman–Crippen LogP) is 2.44. The second kappa shape index (κ2) is 4.87. The zero-order valence-electron chi connectivity index (χ0n) is 8.25. The van der Waals surface area contributed by atoms with Crippen LogP contribution in [0.2, 0.25) is 0 Å². The van der Waals surface area contributed by atoms with Crippen LogP contribution in [0.25, 0.3) is 0 Å². The maximum atomic E-state index is 5.47. The smallest absolute Gasteiger partial charge is 0.117 e. The van der Waals surface area contributed by atoms with Crippen molar-refractivity contribution in [1.82, 2.24) is 0 Å². The van der Waals surface area contributed by atoms with Crippen LogP contribution in [-0.2, 0) is 9.47 Å².